The van der Waals surface area contributed by atoms with E-state index in [2.05, 4.69) is 0 Å². The van der Waals surface area contributed by atoms with Crippen LogP contribution in [0.25, 0.3) is 0 Å². The van der Waals surface area contributed by atoms with Crippen molar-refractivity contribution in [3.63, 3.8) is 0 Å². The lowest BCUT2D eigenvalue weighted by atomic mass is 10.1. The quantitative estimate of drug-likeness (QED) is 0.757. The van der Waals surface area contributed by atoms with E-state index >= 15 is 0 Å². The van der Waals surface area contributed by atoms with E-state index in [1.54, 1.807) is 29.5 Å². The van der Waals surface area contributed by atoms with Crippen LogP contribution in [0.4, 0.5) is 4.39 Å². The average Bonchev–Trinajstić information content (AvgIpc) is 3.27. The molecule has 0 spiro atoms. The third-order valence-corrected chi connectivity index (χ3v) is 5.15. The monoisotopic (exact) mass is 347 g/mol. The van der Waals surface area contributed by atoms with Crippen molar-refractivity contribution in [1.82, 2.24) is 4.90 Å². The zero-order valence-electron chi connectivity index (χ0n) is 13.6. The molecule has 5 heteroatoms. The van der Waals surface area contributed by atoms with Gasteiger partial charge in [-0.05, 0) is 42.3 Å². The largest absolute Gasteiger partial charge is 0.376 e. The number of amides is 1. The summed E-state index contributed by atoms with van der Waals surface area (Å²) < 4.78 is 19.4. The molecule has 0 bridgehead atoms. The molecular weight excluding hydrogens is 325 g/mol. The van der Waals surface area contributed by atoms with Crippen LogP contribution in [0.2, 0.25) is 0 Å². The molecule has 1 amide bonds. The highest BCUT2D eigenvalue weighted by Crippen LogP contribution is 2.19. The first-order chi connectivity index (χ1) is 11.7. The minimum absolute atomic E-state index is 0.0575. The lowest BCUT2D eigenvalue weighted by Crippen LogP contribution is -2.36. The summed E-state index contributed by atoms with van der Waals surface area (Å²) in [6, 6.07) is 10.7. The Morgan fingerprint density at radius 3 is 2.88 bits per heavy atom. The van der Waals surface area contributed by atoms with Crippen LogP contribution in [0.1, 0.15) is 29.7 Å². The molecule has 0 aliphatic carbocycles. The van der Waals surface area contributed by atoms with E-state index in [1.165, 1.54) is 6.07 Å². The molecule has 1 aliphatic heterocycles. The highest BCUT2D eigenvalue weighted by Gasteiger charge is 2.23. The van der Waals surface area contributed by atoms with Crippen LogP contribution in [0, 0.1) is 5.82 Å². The van der Waals surface area contributed by atoms with Crippen molar-refractivity contribution in [3.05, 3.63) is 58.0 Å². The maximum Gasteiger partial charge on any atom is 0.223 e. The number of hydrogen-bond donors (Lipinski definition) is 0. The van der Waals surface area contributed by atoms with Crippen LogP contribution < -0.4 is 0 Å². The number of halogens is 1. The van der Waals surface area contributed by atoms with Crippen molar-refractivity contribution in [1.29, 1.82) is 0 Å². The average molecular weight is 347 g/mol. The molecule has 1 aromatic heterocycles. The number of hydrogen-bond acceptors (Lipinski definition) is 3. The Kier molecular flexibility index (Phi) is 5.99. The molecule has 128 valence electrons. The molecule has 1 saturated heterocycles. The van der Waals surface area contributed by atoms with Gasteiger partial charge in [0.05, 0.1) is 12.6 Å². The second-order valence-corrected chi connectivity index (χ2v) is 7.11. The van der Waals surface area contributed by atoms with Crippen LogP contribution in [0.3, 0.4) is 0 Å². The van der Waals surface area contributed by atoms with E-state index in [0.717, 1.165) is 24.3 Å². The van der Waals surface area contributed by atoms with Crippen molar-refractivity contribution in [2.75, 3.05) is 13.2 Å². The summed E-state index contributed by atoms with van der Waals surface area (Å²) in [5, 5.41) is 2.02. The van der Waals surface area contributed by atoms with Gasteiger partial charge in [-0.3, -0.25) is 4.79 Å². The summed E-state index contributed by atoms with van der Waals surface area (Å²) in [7, 11) is 0. The fraction of sp³-hybridized carbons (Fsp3) is 0.421. The second-order valence-electron chi connectivity index (χ2n) is 6.08. The summed E-state index contributed by atoms with van der Waals surface area (Å²) in [5.41, 5.74) is 0.596. The smallest absolute Gasteiger partial charge is 0.223 e. The van der Waals surface area contributed by atoms with E-state index in [9.17, 15) is 9.18 Å². The van der Waals surface area contributed by atoms with Gasteiger partial charge in [0.15, 0.2) is 0 Å². The Morgan fingerprint density at radius 2 is 2.17 bits per heavy atom. The van der Waals surface area contributed by atoms with Gasteiger partial charge in [-0.25, -0.2) is 4.39 Å². The van der Waals surface area contributed by atoms with Crippen LogP contribution in [0.5, 0.6) is 0 Å². The van der Waals surface area contributed by atoms with Gasteiger partial charge in [-0.1, -0.05) is 24.3 Å². The molecule has 24 heavy (non-hydrogen) atoms. The number of nitrogens with zero attached hydrogens (tertiary/aromatic N) is 1. The molecule has 2 heterocycles. The standard InChI is InChI=1S/C19H22FNO2S/c20-18-8-2-1-5-15(18)9-10-19(22)21(13-16-6-3-11-23-16)14-17-7-4-12-24-17/h1-2,4-5,7-8,12,16H,3,6,9-11,13-14H2. The predicted octanol–water partition coefficient (Wildman–Crippen LogP) is 4.03. The van der Waals surface area contributed by atoms with Gasteiger partial charge in [0.2, 0.25) is 5.91 Å². The Balaban J connectivity index is 1.62. The number of carbonyl (C=O) groups is 1. The normalized spacial score (nSPS) is 17.1. The molecule has 1 aromatic carbocycles. The fourth-order valence-electron chi connectivity index (χ4n) is 2.98. The van der Waals surface area contributed by atoms with E-state index < -0.39 is 0 Å². The van der Waals surface area contributed by atoms with Crippen LogP contribution >= 0.6 is 11.3 Å². The SMILES string of the molecule is O=C(CCc1ccccc1F)N(Cc1cccs1)CC1CCCO1. The molecule has 1 atom stereocenters. The summed E-state index contributed by atoms with van der Waals surface area (Å²) >= 11 is 1.65. The fourth-order valence-corrected chi connectivity index (χ4v) is 3.70. The topological polar surface area (TPSA) is 29.5 Å². The third-order valence-electron chi connectivity index (χ3n) is 4.29. The first-order valence-corrected chi connectivity index (χ1v) is 9.25. The summed E-state index contributed by atoms with van der Waals surface area (Å²) in [5.74, 6) is -0.184. The van der Waals surface area contributed by atoms with Crippen molar-refractivity contribution in [3.8, 4) is 0 Å². The zero-order valence-corrected chi connectivity index (χ0v) is 14.4. The maximum atomic E-state index is 13.7. The third kappa shape index (κ3) is 4.65. The van der Waals surface area contributed by atoms with Gasteiger partial charge in [0.1, 0.15) is 5.82 Å². The first-order valence-electron chi connectivity index (χ1n) is 8.37. The Bertz CT molecular complexity index is 653. The lowest BCUT2D eigenvalue weighted by molar-refractivity contribution is -0.133. The molecule has 2 aromatic rings. The lowest BCUT2D eigenvalue weighted by Gasteiger charge is -2.25. The van der Waals surface area contributed by atoms with Crippen LogP contribution in [-0.4, -0.2) is 30.1 Å². The Labute approximate surface area is 146 Å². The molecule has 0 N–H and O–H groups in total. The Hall–Kier alpha value is -1.72. The van der Waals surface area contributed by atoms with Gasteiger partial charge in [-0.2, -0.15) is 0 Å². The number of rotatable bonds is 7. The maximum absolute atomic E-state index is 13.7. The van der Waals surface area contributed by atoms with Gasteiger partial charge in [0, 0.05) is 24.4 Å². The molecule has 1 fully saturated rings. The number of ether oxygens (including phenoxy) is 1. The molecule has 1 unspecified atom stereocenters. The molecule has 0 radical (unpaired) electrons. The number of thiophene rings is 1. The molecular formula is C19H22FNO2S. The summed E-state index contributed by atoms with van der Waals surface area (Å²) in [6.45, 7) is 2.00. The molecule has 3 rings (SSSR count). The number of benzene rings is 1. The van der Waals surface area contributed by atoms with Crippen molar-refractivity contribution < 1.29 is 13.9 Å². The summed E-state index contributed by atoms with van der Waals surface area (Å²) in [4.78, 5) is 15.7. The van der Waals surface area contributed by atoms with Crippen LogP contribution in [0.15, 0.2) is 41.8 Å². The predicted molar refractivity (Wildman–Crippen MR) is 93.4 cm³/mol. The Morgan fingerprint density at radius 1 is 1.29 bits per heavy atom. The van der Waals surface area contributed by atoms with Crippen molar-refractivity contribution in [2.45, 2.75) is 38.3 Å². The highest BCUT2D eigenvalue weighted by molar-refractivity contribution is 7.09. The first kappa shape index (κ1) is 17.1. The summed E-state index contributed by atoms with van der Waals surface area (Å²) in [6.07, 6.45) is 2.93. The molecule has 0 saturated carbocycles. The second kappa shape index (κ2) is 8.40. The van der Waals surface area contributed by atoms with Gasteiger partial charge >= 0.3 is 0 Å². The van der Waals surface area contributed by atoms with Gasteiger partial charge < -0.3 is 9.64 Å². The minimum atomic E-state index is -0.241. The van der Waals surface area contributed by atoms with Crippen LogP contribution in [-0.2, 0) is 22.5 Å². The molecule has 1 aliphatic rings. The highest BCUT2D eigenvalue weighted by atomic mass is 32.1. The molecule has 3 nitrogen and oxygen atoms in total. The van der Waals surface area contributed by atoms with Gasteiger partial charge in [0.25, 0.3) is 0 Å². The number of aryl methyl sites for hydroxylation is 1. The van der Waals surface area contributed by atoms with Gasteiger partial charge in [-0.15, -0.1) is 11.3 Å². The van der Waals surface area contributed by atoms with E-state index in [1.807, 2.05) is 22.4 Å². The van der Waals surface area contributed by atoms with E-state index in [4.69, 9.17) is 4.74 Å². The van der Waals surface area contributed by atoms with E-state index in [-0.39, 0.29) is 17.8 Å². The number of carbonyl (C=O) groups excluding carboxylic acids is 1. The zero-order chi connectivity index (χ0) is 16.8. The van der Waals surface area contributed by atoms with E-state index in [0.29, 0.717) is 31.5 Å². The van der Waals surface area contributed by atoms with Crippen molar-refractivity contribution in [2.24, 2.45) is 0 Å². The minimum Gasteiger partial charge on any atom is -0.376 e. The van der Waals surface area contributed by atoms with Crippen molar-refractivity contribution >= 4 is 17.2 Å².